The van der Waals surface area contributed by atoms with E-state index < -0.39 is 5.97 Å². The molecule has 0 atom stereocenters. The highest BCUT2D eigenvalue weighted by molar-refractivity contribution is 5.94. The van der Waals surface area contributed by atoms with Crippen LogP contribution >= 0.6 is 0 Å². The fourth-order valence-electron chi connectivity index (χ4n) is 1.62. The first kappa shape index (κ1) is 10.4. The Morgan fingerprint density at radius 2 is 2.31 bits per heavy atom. The number of hydrogen-bond acceptors (Lipinski definition) is 2. The molecule has 1 aromatic heterocycles. The Bertz CT molecular complexity index is 517. The van der Waals surface area contributed by atoms with E-state index in [-0.39, 0.29) is 5.56 Å². The van der Waals surface area contributed by atoms with E-state index in [0.29, 0.717) is 5.69 Å². The molecule has 0 aliphatic heterocycles. The number of aromatic nitrogens is 2. The molecule has 0 aliphatic rings. The number of H-pyrrole nitrogens is 1. The third-order valence-corrected chi connectivity index (χ3v) is 2.49. The summed E-state index contributed by atoms with van der Waals surface area (Å²) in [5.41, 5.74) is 2.79. The van der Waals surface area contributed by atoms with Crippen molar-refractivity contribution in [2.24, 2.45) is 0 Å². The molecule has 1 aromatic carbocycles. The average Bonchev–Trinajstić information content (AvgIpc) is 2.78. The lowest BCUT2D eigenvalue weighted by Crippen LogP contribution is -1.97. The Labute approximate surface area is 92.9 Å². The number of carboxylic acids is 1. The fraction of sp³-hybridized carbons (Fsp3) is 0.167. The minimum Gasteiger partial charge on any atom is -0.478 e. The Balaban J connectivity index is 2.50. The summed E-state index contributed by atoms with van der Waals surface area (Å²) in [6, 6.07) is 7.78. The molecular weight excluding hydrogens is 204 g/mol. The van der Waals surface area contributed by atoms with Crippen LogP contribution in [0.1, 0.15) is 22.8 Å². The number of benzene rings is 1. The Hall–Kier alpha value is -2.10. The molecular formula is C12H12N2O2. The van der Waals surface area contributed by atoms with Gasteiger partial charge in [0.25, 0.3) is 0 Å². The third kappa shape index (κ3) is 1.82. The van der Waals surface area contributed by atoms with Gasteiger partial charge in [-0.15, -0.1) is 0 Å². The largest absolute Gasteiger partial charge is 0.478 e. The number of nitrogens with zero attached hydrogens (tertiary/aromatic N) is 1. The summed E-state index contributed by atoms with van der Waals surface area (Å²) in [5, 5.41) is 15.5. The summed E-state index contributed by atoms with van der Waals surface area (Å²) < 4.78 is 0. The summed E-state index contributed by atoms with van der Waals surface area (Å²) in [4.78, 5) is 11.0. The molecule has 0 radical (unpaired) electrons. The fourth-order valence-corrected chi connectivity index (χ4v) is 1.62. The van der Waals surface area contributed by atoms with Crippen LogP contribution in [0.5, 0.6) is 0 Å². The second kappa shape index (κ2) is 4.18. The highest BCUT2D eigenvalue weighted by Crippen LogP contribution is 2.22. The minimum atomic E-state index is -0.967. The standard InChI is InChI=1S/C12H12N2O2/c1-2-8-4-3-5-9(6-8)11-10(12(15)16)7-13-14-11/h3-7H,2H2,1H3,(H,13,14)(H,15,16). The molecule has 16 heavy (non-hydrogen) atoms. The Morgan fingerprint density at radius 3 is 3.00 bits per heavy atom. The highest BCUT2D eigenvalue weighted by atomic mass is 16.4. The van der Waals surface area contributed by atoms with Gasteiger partial charge in [-0.1, -0.05) is 25.1 Å². The molecule has 4 heteroatoms. The van der Waals surface area contributed by atoms with Crippen LogP contribution in [0.2, 0.25) is 0 Å². The third-order valence-electron chi connectivity index (χ3n) is 2.49. The van der Waals surface area contributed by atoms with Crippen LogP contribution in [0, 0.1) is 0 Å². The van der Waals surface area contributed by atoms with Gasteiger partial charge in [-0.3, -0.25) is 5.10 Å². The number of carbonyl (C=O) groups is 1. The normalized spacial score (nSPS) is 10.3. The van der Waals surface area contributed by atoms with E-state index in [1.54, 1.807) is 0 Å². The SMILES string of the molecule is CCc1cccc(-c2[nH]ncc2C(=O)O)c1. The molecule has 0 unspecified atom stereocenters. The van der Waals surface area contributed by atoms with Crippen molar-refractivity contribution in [3.8, 4) is 11.3 Å². The lowest BCUT2D eigenvalue weighted by Gasteiger charge is -2.02. The highest BCUT2D eigenvalue weighted by Gasteiger charge is 2.13. The molecule has 82 valence electrons. The molecule has 2 aromatic rings. The van der Waals surface area contributed by atoms with E-state index in [0.717, 1.165) is 12.0 Å². The van der Waals surface area contributed by atoms with E-state index in [1.807, 2.05) is 24.3 Å². The molecule has 0 bridgehead atoms. The molecule has 2 rings (SSSR count). The predicted octanol–water partition coefficient (Wildman–Crippen LogP) is 2.34. The molecule has 0 saturated heterocycles. The summed E-state index contributed by atoms with van der Waals surface area (Å²) in [7, 11) is 0. The van der Waals surface area contributed by atoms with Crippen molar-refractivity contribution in [1.82, 2.24) is 10.2 Å². The van der Waals surface area contributed by atoms with E-state index in [1.165, 1.54) is 11.8 Å². The van der Waals surface area contributed by atoms with Gasteiger partial charge in [-0.25, -0.2) is 4.79 Å². The zero-order chi connectivity index (χ0) is 11.5. The summed E-state index contributed by atoms with van der Waals surface area (Å²) in [6.07, 6.45) is 2.25. The number of aromatic carboxylic acids is 1. The molecule has 0 spiro atoms. The maximum Gasteiger partial charge on any atom is 0.339 e. The van der Waals surface area contributed by atoms with E-state index in [4.69, 9.17) is 5.11 Å². The number of hydrogen-bond donors (Lipinski definition) is 2. The lowest BCUT2D eigenvalue weighted by atomic mass is 10.0. The van der Waals surface area contributed by atoms with E-state index in [2.05, 4.69) is 17.1 Å². The minimum absolute atomic E-state index is 0.202. The predicted molar refractivity (Wildman–Crippen MR) is 60.4 cm³/mol. The van der Waals surface area contributed by atoms with Crippen LogP contribution in [0.4, 0.5) is 0 Å². The van der Waals surface area contributed by atoms with Gasteiger partial charge in [0, 0.05) is 5.56 Å². The number of rotatable bonds is 3. The second-order valence-corrected chi connectivity index (χ2v) is 3.52. The van der Waals surface area contributed by atoms with E-state index >= 15 is 0 Å². The summed E-state index contributed by atoms with van der Waals surface area (Å²) in [6.45, 7) is 2.06. The number of nitrogens with one attached hydrogen (secondary N) is 1. The molecule has 0 fully saturated rings. The summed E-state index contributed by atoms with van der Waals surface area (Å²) in [5.74, 6) is -0.967. The Kier molecular flexibility index (Phi) is 2.72. The van der Waals surface area contributed by atoms with Crippen molar-refractivity contribution in [2.75, 3.05) is 0 Å². The first-order valence-corrected chi connectivity index (χ1v) is 5.08. The van der Waals surface area contributed by atoms with Crippen LogP contribution in [-0.2, 0) is 6.42 Å². The second-order valence-electron chi connectivity index (χ2n) is 3.52. The molecule has 4 nitrogen and oxygen atoms in total. The average molecular weight is 216 g/mol. The number of aromatic amines is 1. The van der Waals surface area contributed by atoms with Crippen molar-refractivity contribution in [1.29, 1.82) is 0 Å². The van der Waals surface area contributed by atoms with Gasteiger partial charge >= 0.3 is 5.97 Å². The van der Waals surface area contributed by atoms with Gasteiger partial charge < -0.3 is 5.11 Å². The molecule has 0 amide bonds. The van der Waals surface area contributed by atoms with Crippen LogP contribution in [0.15, 0.2) is 30.5 Å². The number of aryl methyl sites for hydroxylation is 1. The molecule has 0 aliphatic carbocycles. The van der Waals surface area contributed by atoms with Crippen molar-refractivity contribution >= 4 is 5.97 Å². The zero-order valence-corrected chi connectivity index (χ0v) is 8.90. The summed E-state index contributed by atoms with van der Waals surface area (Å²) >= 11 is 0. The smallest absolute Gasteiger partial charge is 0.339 e. The number of carboxylic acid groups (broad SMARTS) is 1. The van der Waals surface area contributed by atoms with Crippen molar-refractivity contribution in [2.45, 2.75) is 13.3 Å². The van der Waals surface area contributed by atoms with Gasteiger partial charge in [0.2, 0.25) is 0 Å². The Morgan fingerprint density at radius 1 is 1.50 bits per heavy atom. The zero-order valence-electron chi connectivity index (χ0n) is 8.90. The van der Waals surface area contributed by atoms with Crippen molar-refractivity contribution in [3.63, 3.8) is 0 Å². The van der Waals surface area contributed by atoms with Crippen molar-refractivity contribution < 1.29 is 9.90 Å². The van der Waals surface area contributed by atoms with Gasteiger partial charge in [-0.2, -0.15) is 5.10 Å². The van der Waals surface area contributed by atoms with Crippen LogP contribution in [-0.4, -0.2) is 21.3 Å². The van der Waals surface area contributed by atoms with Gasteiger partial charge in [0.15, 0.2) is 0 Å². The van der Waals surface area contributed by atoms with Crippen LogP contribution < -0.4 is 0 Å². The van der Waals surface area contributed by atoms with Gasteiger partial charge in [-0.05, 0) is 18.1 Å². The van der Waals surface area contributed by atoms with E-state index in [9.17, 15) is 4.79 Å². The quantitative estimate of drug-likeness (QED) is 0.827. The van der Waals surface area contributed by atoms with Gasteiger partial charge in [0.05, 0.1) is 11.9 Å². The maximum atomic E-state index is 11.0. The topological polar surface area (TPSA) is 66.0 Å². The monoisotopic (exact) mass is 216 g/mol. The molecule has 1 heterocycles. The van der Waals surface area contributed by atoms with Crippen LogP contribution in [0.3, 0.4) is 0 Å². The maximum absolute atomic E-state index is 11.0. The lowest BCUT2D eigenvalue weighted by molar-refractivity contribution is 0.0698. The molecule has 0 saturated carbocycles. The van der Waals surface area contributed by atoms with Crippen molar-refractivity contribution in [3.05, 3.63) is 41.6 Å². The first-order chi connectivity index (χ1) is 7.72. The van der Waals surface area contributed by atoms with Crippen LogP contribution in [0.25, 0.3) is 11.3 Å². The van der Waals surface area contributed by atoms with Gasteiger partial charge in [0.1, 0.15) is 5.56 Å². The first-order valence-electron chi connectivity index (χ1n) is 5.08. The molecule has 2 N–H and O–H groups in total.